The van der Waals surface area contributed by atoms with Crippen molar-refractivity contribution in [2.75, 3.05) is 6.54 Å². The molecule has 5 N–H and O–H groups in total. The molecule has 0 radical (unpaired) electrons. The lowest BCUT2D eigenvalue weighted by molar-refractivity contribution is 0.966. The summed E-state index contributed by atoms with van der Waals surface area (Å²) in [5, 5.41) is 15.2. The molecule has 23 heavy (non-hydrogen) atoms. The number of hydrogen-bond donors (Lipinski definition) is 5. The first-order valence-corrected chi connectivity index (χ1v) is 8.49. The van der Waals surface area contributed by atoms with Crippen LogP contribution >= 0.6 is 61.1 Å². The maximum Gasteiger partial charge on any atom is 0.178 e. The van der Waals surface area contributed by atoms with Crippen LogP contribution < -0.4 is 26.6 Å². The molecule has 126 valence electrons. The monoisotopic (exact) mass is 405 g/mol. The van der Waals surface area contributed by atoms with Crippen molar-refractivity contribution < 1.29 is 0 Å². The molecule has 0 fully saturated rings. The molecule has 0 aromatic rings. The molecule has 0 aliphatic heterocycles. The third kappa shape index (κ3) is 11.2. The quantitative estimate of drug-likeness (QED) is 0.274. The molecule has 0 saturated heterocycles. The van der Waals surface area contributed by atoms with E-state index < -0.39 is 0 Å². The van der Waals surface area contributed by atoms with Crippen LogP contribution in [0, 0.1) is 0 Å². The molecule has 0 aliphatic rings. The summed E-state index contributed by atoms with van der Waals surface area (Å²) in [5.41, 5.74) is 1.86. The summed E-state index contributed by atoms with van der Waals surface area (Å²) in [7, 11) is 0. The highest BCUT2D eigenvalue weighted by Gasteiger charge is 2.06. The highest BCUT2D eigenvalue weighted by molar-refractivity contribution is 7.83. The second kappa shape index (κ2) is 11.5. The van der Waals surface area contributed by atoms with Crippen LogP contribution in [-0.4, -0.2) is 32.0 Å². The van der Waals surface area contributed by atoms with E-state index in [1.54, 1.807) is 6.92 Å². The standard InChI is InChI=1S/C13H19N5S5/c1-5-8(4)6-14-10(20)16-12(22)18-13(23)17-11(21)15-9(19)7(2)3/h5H,2,6H2,1,3-4H3,(H5,14,15,16,17,18,19,20,21,22,23)/b8-5+. The Kier molecular flexibility index (Phi) is 10.9. The average molecular weight is 406 g/mol. The Labute approximate surface area is 163 Å². The Balaban J connectivity index is 4.17. The van der Waals surface area contributed by atoms with E-state index in [1.165, 1.54) is 0 Å². The molecule has 0 aromatic carbocycles. The smallest absolute Gasteiger partial charge is 0.178 e. The molecule has 0 aromatic heterocycles. The molecular weight excluding hydrogens is 387 g/mol. The predicted molar refractivity (Wildman–Crippen MR) is 118 cm³/mol. The Morgan fingerprint density at radius 1 is 0.826 bits per heavy atom. The maximum atomic E-state index is 5.12. The number of thiocarbonyl (C=S) groups is 5. The number of allylic oxidation sites excluding steroid dienone is 1. The lowest BCUT2D eigenvalue weighted by Crippen LogP contribution is -2.52. The van der Waals surface area contributed by atoms with Gasteiger partial charge in [0.25, 0.3) is 0 Å². The van der Waals surface area contributed by atoms with Gasteiger partial charge in [0.15, 0.2) is 20.4 Å². The molecule has 10 heteroatoms. The largest absolute Gasteiger partial charge is 0.359 e. The predicted octanol–water partition coefficient (Wildman–Crippen LogP) is 1.94. The van der Waals surface area contributed by atoms with Crippen molar-refractivity contribution in [3.8, 4) is 0 Å². The van der Waals surface area contributed by atoms with Crippen LogP contribution in [0.2, 0.25) is 0 Å². The fourth-order valence-electron chi connectivity index (χ4n) is 0.979. The van der Waals surface area contributed by atoms with E-state index in [0.717, 1.165) is 5.57 Å². The lowest BCUT2D eigenvalue weighted by atomic mass is 10.3. The van der Waals surface area contributed by atoms with Crippen LogP contribution in [0.4, 0.5) is 0 Å². The third-order valence-electron chi connectivity index (χ3n) is 2.32. The fourth-order valence-corrected chi connectivity index (χ4v) is 2.13. The third-order valence-corrected chi connectivity index (χ3v) is 3.63. The molecule has 0 bridgehead atoms. The van der Waals surface area contributed by atoms with Crippen LogP contribution in [0.5, 0.6) is 0 Å². The normalized spacial score (nSPS) is 10.1. The van der Waals surface area contributed by atoms with Gasteiger partial charge in [-0.05, 0) is 75.2 Å². The van der Waals surface area contributed by atoms with Crippen molar-refractivity contribution in [1.82, 2.24) is 26.6 Å². The van der Waals surface area contributed by atoms with Crippen molar-refractivity contribution in [3.63, 3.8) is 0 Å². The van der Waals surface area contributed by atoms with Crippen LogP contribution in [0.1, 0.15) is 20.8 Å². The first-order valence-electron chi connectivity index (χ1n) is 6.45. The summed E-state index contributed by atoms with van der Waals surface area (Å²) >= 11 is 25.4. The minimum Gasteiger partial charge on any atom is -0.359 e. The van der Waals surface area contributed by atoms with Crippen molar-refractivity contribution in [2.45, 2.75) is 20.8 Å². The highest BCUT2D eigenvalue weighted by Crippen LogP contribution is 1.89. The van der Waals surface area contributed by atoms with E-state index in [9.17, 15) is 0 Å². The van der Waals surface area contributed by atoms with E-state index in [4.69, 9.17) is 61.1 Å². The molecular formula is C13H19N5S5. The summed E-state index contributed by atoms with van der Waals surface area (Å²) in [6.07, 6.45) is 1.99. The summed E-state index contributed by atoms with van der Waals surface area (Å²) in [6.45, 7) is 10.1. The van der Waals surface area contributed by atoms with Crippen molar-refractivity contribution in [3.05, 3.63) is 23.8 Å². The molecule has 0 amide bonds. The van der Waals surface area contributed by atoms with Gasteiger partial charge < -0.3 is 26.6 Å². The number of rotatable bonds is 3. The zero-order valence-corrected chi connectivity index (χ0v) is 17.1. The van der Waals surface area contributed by atoms with Gasteiger partial charge in [0, 0.05) is 6.54 Å². The van der Waals surface area contributed by atoms with Crippen LogP contribution in [0.3, 0.4) is 0 Å². The van der Waals surface area contributed by atoms with Crippen LogP contribution in [0.25, 0.3) is 0 Å². The molecule has 0 spiro atoms. The zero-order valence-electron chi connectivity index (χ0n) is 13.0. The molecule has 0 heterocycles. The average Bonchev–Trinajstić information content (AvgIpc) is 2.43. The Hall–Kier alpha value is -1.07. The minimum absolute atomic E-state index is 0.219. The summed E-state index contributed by atoms with van der Waals surface area (Å²) in [6, 6.07) is 0. The Morgan fingerprint density at radius 3 is 1.70 bits per heavy atom. The van der Waals surface area contributed by atoms with E-state index in [2.05, 4.69) is 33.2 Å². The van der Waals surface area contributed by atoms with Crippen molar-refractivity contribution >= 4 is 86.5 Å². The molecule has 0 atom stereocenters. The number of hydrogen-bond acceptors (Lipinski definition) is 5. The van der Waals surface area contributed by atoms with Gasteiger partial charge in [-0.3, -0.25) is 0 Å². The van der Waals surface area contributed by atoms with Gasteiger partial charge in [0.2, 0.25) is 0 Å². The molecule has 0 saturated carbocycles. The first-order chi connectivity index (χ1) is 10.6. The molecule has 0 unspecified atom stereocenters. The van der Waals surface area contributed by atoms with Gasteiger partial charge in [-0.15, -0.1) is 0 Å². The summed E-state index contributed by atoms with van der Waals surface area (Å²) in [4.78, 5) is 0.440. The minimum atomic E-state index is 0.219. The topological polar surface area (TPSA) is 60.1 Å². The van der Waals surface area contributed by atoms with Crippen molar-refractivity contribution in [1.29, 1.82) is 0 Å². The zero-order chi connectivity index (χ0) is 18.0. The first kappa shape index (κ1) is 21.9. The second-order valence-electron chi connectivity index (χ2n) is 4.41. The van der Waals surface area contributed by atoms with Crippen molar-refractivity contribution in [2.24, 2.45) is 0 Å². The lowest BCUT2D eigenvalue weighted by Gasteiger charge is -2.15. The Bertz CT molecular complexity index is 567. The van der Waals surface area contributed by atoms with E-state index in [1.807, 2.05) is 19.9 Å². The molecule has 5 nitrogen and oxygen atoms in total. The maximum absolute atomic E-state index is 5.12. The summed E-state index contributed by atoms with van der Waals surface area (Å²) in [5.74, 6) is 0. The highest BCUT2D eigenvalue weighted by atomic mass is 32.1. The number of nitrogens with one attached hydrogen (secondary N) is 5. The van der Waals surface area contributed by atoms with Gasteiger partial charge >= 0.3 is 0 Å². The molecule has 0 aliphatic carbocycles. The van der Waals surface area contributed by atoms with E-state index in [0.29, 0.717) is 22.2 Å². The van der Waals surface area contributed by atoms with Crippen LogP contribution in [0.15, 0.2) is 23.8 Å². The Morgan fingerprint density at radius 2 is 1.26 bits per heavy atom. The second-order valence-corrected chi connectivity index (χ2v) is 6.46. The van der Waals surface area contributed by atoms with Gasteiger partial charge in [0.05, 0.1) is 0 Å². The molecule has 0 rings (SSSR count). The fraction of sp³-hybridized carbons (Fsp3) is 0.308. The van der Waals surface area contributed by atoms with Gasteiger partial charge in [-0.2, -0.15) is 0 Å². The SMILES string of the molecule is C=C(C)C(=S)NC(=S)NC(=S)NC(=S)NC(=S)NC/C(C)=C/C. The van der Waals surface area contributed by atoms with Gasteiger partial charge in [-0.25, -0.2) is 0 Å². The van der Waals surface area contributed by atoms with Gasteiger partial charge in [-0.1, -0.05) is 30.4 Å². The van der Waals surface area contributed by atoms with E-state index in [-0.39, 0.29) is 15.3 Å². The van der Waals surface area contributed by atoms with Gasteiger partial charge in [0.1, 0.15) is 4.99 Å². The summed E-state index contributed by atoms with van der Waals surface area (Å²) < 4.78 is 0. The van der Waals surface area contributed by atoms with Crippen LogP contribution in [-0.2, 0) is 0 Å². The van der Waals surface area contributed by atoms with E-state index >= 15 is 0 Å².